The second-order valence-corrected chi connectivity index (χ2v) is 19.3. The van der Waals surface area contributed by atoms with Gasteiger partial charge in [-0.2, -0.15) is 0 Å². The number of thiophene rings is 2. The van der Waals surface area contributed by atoms with Gasteiger partial charge < -0.3 is 47.6 Å². The minimum Gasteiger partial charge on any atom is -1.00 e. The molecule has 0 aromatic carbocycles. The van der Waals surface area contributed by atoms with Gasteiger partial charge in [-0.1, -0.05) is 0 Å². The van der Waals surface area contributed by atoms with E-state index in [0.717, 1.165) is 34.1 Å². The number of primary amides is 2. The van der Waals surface area contributed by atoms with Crippen LogP contribution in [0.3, 0.4) is 0 Å². The number of esters is 1. The van der Waals surface area contributed by atoms with Gasteiger partial charge in [0.1, 0.15) is 15.4 Å². The van der Waals surface area contributed by atoms with E-state index in [4.69, 9.17) is 30.4 Å². The van der Waals surface area contributed by atoms with Crippen molar-refractivity contribution in [3.8, 4) is 0 Å². The number of ether oxygens (including phenoxy) is 4. The average molecular weight is 824 g/mol. The van der Waals surface area contributed by atoms with Crippen LogP contribution in [-0.2, 0) is 57.4 Å². The van der Waals surface area contributed by atoms with Crippen molar-refractivity contribution in [3.05, 3.63) is 32.0 Å². The number of hydrogen-bond acceptors (Lipinski definition) is 12. The minimum absolute atomic E-state index is 0. The molecule has 3 aliphatic heterocycles. The molecule has 3 fully saturated rings. The number of amides is 4. The molecule has 0 atom stereocenters. The van der Waals surface area contributed by atoms with Crippen LogP contribution >= 0.6 is 22.7 Å². The molecule has 1 saturated heterocycles. The predicted octanol–water partition coefficient (Wildman–Crippen LogP) is 2.00. The monoisotopic (exact) mass is 823 g/mol. The molecule has 57 heavy (non-hydrogen) atoms. The number of methoxy groups -OCH3 is 1. The Hall–Kier alpha value is -2.75. The maximum atomic E-state index is 12.7. The van der Waals surface area contributed by atoms with Gasteiger partial charge in [-0.05, 0) is 105 Å². The molecule has 7 N–H and O–H groups in total. The van der Waals surface area contributed by atoms with Crippen LogP contribution in [0.15, 0.2) is 0 Å². The SMILES string of the molecule is C1CCOC1.CC1(C)Cc2c(sc(NC(=O)C3(CO)CC3)c2C(N)=O)C(C)(C)O1.COC(=O)C1(C(=O)Nc2sc3c(c2C(N)=O)CC(C)(C)OC3(C)C)CC1.[B].[H-].[Li+]. The number of nitrogens with one attached hydrogen (secondary N) is 2. The van der Waals surface area contributed by atoms with Crippen LogP contribution in [0.1, 0.15) is 137 Å². The standard InChI is InChI=1S/C18H24N2O5S.C17H24N2O4S.C4H8O.B.Li.H/c1-16(2)8-9-10(12(19)21)13(26-11(9)17(3,4)25-16)20-14(22)18(6-7-18)15(23)24-5;1-15(2)7-9-10(12(18)21)13(24-11(9)16(3,4)23-15)19-14(22)17(8-20)5-6-17;1-2-4-5-3-1;;;/h6-8H2,1-5H3,(H2,19,21)(H,20,22);20H,5-8H2,1-4H3,(H2,18,21)(H,19,22);1-4H2;;;/q;;;;+1;-1. The molecule has 5 heterocycles. The summed E-state index contributed by atoms with van der Waals surface area (Å²) in [6.07, 6.45) is 5.82. The summed E-state index contributed by atoms with van der Waals surface area (Å²) in [6, 6.07) is 0. The molecule has 7 rings (SSSR count). The topological polar surface area (TPSA) is 219 Å². The number of rotatable bonds is 8. The number of anilines is 2. The third-order valence-corrected chi connectivity index (χ3v) is 13.5. The van der Waals surface area contributed by atoms with Crippen molar-refractivity contribution in [2.45, 2.75) is 129 Å². The summed E-state index contributed by atoms with van der Waals surface area (Å²) in [4.78, 5) is 63.1. The maximum Gasteiger partial charge on any atom is 1.00 e. The van der Waals surface area contributed by atoms with Gasteiger partial charge in [0.05, 0.1) is 52.7 Å². The Morgan fingerprint density at radius 3 is 1.44 bits per heavy atom. The number of aliphatic hydroxyl groups is 1. The molecule has 2 aromatic heterocycles. The van der Waals surface area contributed by atoms with Crippen molar-refractivity contribution in [1.82, 2.24) is 0 Å². The number of carbonyl (C=O) groups is 5. The first-order valence-corrected chi connectivity index (χ1v) is 20.3. The van der Waals surface area contributed by atoms with E-state index in [1.807, 2.05) is 55.4 Å². The van der Waals surface area contributed by atoms with Crippen molar-refractivity contribution < 1.29 is 68.3 Å². The first kappa shape index (κ1) is 48.6. The number of aliphatic hydroxyl groups excluding tert-OH is 1. The van der Waals surface area contributed by atoms with Gasteiger partial charge in [-0.25, -0.2) is 0 Å². The fraction of sp³-hybridized carbons (Fsp3) is 0.667. The van der Waals surface area contributed by atoms with Crippen LogP contribution in [0.4, 0.5) is 10.0 Å². The number of fused-ring (bicyclic) bond motifs is 2. The van der Waals surface area contributed by atoms with Crippen molar-refractivity contribution in [2.24, 2.45) is 22.3 Å². The second kappa shape index (κ2) is 17.5. The van der Waals surface area contributed by atoms with Crippen molar-refractivity contribution in [3.63, 3.8) is 0 Å². The van der Waals surface area contributed by atoms with Crippen molar-refractivity contribution in [1.29, 1.82) is 0 Å². The van der Waals surface area contributed by atoms with E-state index in [2.05, 4.69) is 10.6 Å². The summed E-state index contributed by atoms with van der Waals surface area (Å²) in [5.74, 6) is -2.41. The quantitative estimate of drug-likeness (QED) is 0.148. The van der Waals surface area contributed by atoms with E-state index < -0.39 is 56.9 Å². The molecule has 0 unspecified atom stereocenters. The minimum atomic E-state index is -1.15. The Labute approximate surface area is 358 Å². The number of nitrogens with two attached hydrogens (primary N) is 2. The van der Waals surface area contributed by atoms with E-state index in [-0.39, 0.29) is 41.2 Å². The smallest absolute Gasteiger partial charge is 1.00 e. The zero-order valence-corrected chi connectivity index (χ0v) is 36.6. The summed E-state index contributed by atoms with van der Waals surface area (Å²) < 4.78 is 22.0. The molecule has 309 valence electrons. The molecule has 2 saturated carbocycles. The van der Waals surface area contributed by atoms with Crippen LogP contribution < -0.4 is 41.0 Å². The van der Waals surface area contributed by atoms with Gasteiger partial charge in [0.2, 0.25) is 11.8 Å². The van der Waals surface area contributed by atoms with Crippen LogP contribution in [0.2, 0.25) is 0 Å². The van der Waals surface area contributed by atoms with Crippen LogP contribution in [0, 0.1) is 10.8 Å². The maximum absolute atomic E-state index is 12.7. The Kier molecular flexibility index (Phi) is 14.9. The van der Waals surface area contributed by atoms with E-state index >= 15 is 0 Å². The van der Waals surface area contributed by atoms with Crippen molar-refractivity contribution >= 4 is 70.7 Å². The summed E-state index contributed by atoms with van der Waals surface area (Å²) in [5.41, 5.74) is 9.67. The van der Waals surface area contributed by atoms with Crippen LogP contribution in [0.5, 0.6) is 0 Å². The molecule has 3 radical (unpaired) electrons. The predicted molar refractivity (Wildman–Crippen MR) is 216 cm³/mol. The third kappa shape index (κ3) is 10.2. The Balaban J connectivity index is 0.000000341. The summed E-state index contributed by atoms with van der Waals surface area (Å²) >= 11 is 2.62. The summed E-state index contributed by atoms with van der Waals surface area (Å²) in [5, 5.41) is 15.9. The number of carbonyl (C=O) groups excluding carboxylic acids is 5. The van der Waals surface area contributed by atoms with E-state index in [1.54, 1.807) is 0 Å². The van der Waals surface area contributed by atoms with Crippen LogP contribution in [0.25, 0.3) is 0 Å². The molecule has 14 nitrogen and oxygen atoms in total. The second-order valence-electron chi connectivity index (χ2n) is 17.3. The third-order valence-electron chi connectivity index (χ3n) is 10.5. The van der Waals surface area contributed by atoms with Gasteiger partial charge in [0, 0.05) is 44.2 Å². The first-order chi connectivity index (χ1) is 25.4. The van der Waals surface area contributed by atoms with Gasteiger partial charge >= 0.3 is 24.8 Å². The van der Waals surface area contributed by atoms with Gasteiger partial charge in [-0.3, -0.25) is 24.0 Å². The zero-order chi connectivity index (χ0) is 40.9. The van der Waals surface area contributed by atoms with Gasteiger partial charge in [-0.15, -0.1) is 22.7 Å². The van der Waals surface area contributed by atoms with Crippen LogP contribution in [-0.4, -0.2) is 81.3 Å². The average Bonchev–Trinajstić information content (AvgIpc) is 3.88. The molecule has 2 aliphatic carbocycles. The Morgan fingerprint density at radius 1 is 0.737 bits per heavy atom. The van der Waals surface area contributed by atoms with E-state index in [9.17, 15) is 29.1 Å². The fourth-order valence-corrected chi connectivity index (χ4v) is 10.3. The summed E-state index contributed by atoms with van der Waals surface area (Å²) in [7, 11) is 1.26. The normalized spacial score (nSPS) is 21.4. The zero-order valence-electron chi connectivity index (χ0n) is 35.9. The fourth-order valence-electron chi connectivity index (χ4n) is 7.76. The number of hydrogen-bond donors (Lipinski definition) is 5. The first-order valence-electron chi connectivity index (χ1n) is 18.7. The molecule has 4 amide bonds. The molecule has 5 aliphatic rings. The molecule has 0 bridgehead atoms. The molecular formula is C39H57BLiN4O10S2. The van der Waals surface area contributed by atoms with Gasteiger partial charge in [0.15, 0.2) is 0 Å². The van der Waals surface area contributed by atoms with Crippen molar-refractivity contribution in [2.75, 3.05) is 37.6 Å². The summed E-state index contributed by atoms with van der Waals surface area (Å²) in [6.45, 7) is 17.4. The van der Waals surface area contributed by atoms with Gasteiger partial charge in [0.25, 0.3) is 11.8 Å². The molecular weight excluding hydrogens is 766 g/mol. The van der Waals surface area contributed by atoms with E-state index in [1.165, 1.54) is 42.6 Å². The molecule has 2 aromatic rings. The Bertz CT molecular complexity index is 1880. The Morgan fingerprint density at radius 2 is 1.14 bits per heavy atom. The van der Waals surface area contributed by atoms with E-state index in [0.29, 0.717) is 59.7 Å². The molecule has 0 spiro atoms. The molecule has 18 heteroatoms. The largest absolute Gasteiger partial charge is 1.00 e.